The summed E-state index contributed by atoms with van der Waals surface area (Å²) in [7, 11) is 0. The monoisotopic (exact) mass is 128 g/mol. The molecule has 1 heteroatoms. The van der Waals surface area contributed by atoms with Crippen LogP contribution in [0.5, 0.6) is 0 Å². The first kappa shape index (κ1) is 7.07. The summed E-state index contributed by atoms with van der Waals surface area (Å²) < 4.78 is 5.50. The fourth-order valence-electron chi connectivity index (χ4n) is 1.25. The standard InChI is InChI=1S/C8H16O/c1-3-4-9-8-5-7(2)6-8/h7-8H,3-6H2,1-2H3. The van der Waals surface area contributed by atoms with Crippen molar-refractivity contribution in [1.82, 2.24) is 0 Å². The molecule has 0 heterocycles. The van der Waals surface area contributed by atoms with Crippen LogP contribution in [0.25, 0.3) is 0 Å². The lowest BCUT2D eigenvalue weighted by Crippen LogP contribution is -2.29. The van der Waals surface area contributed by atoms with Gasteiger partial charge in [-0.05, 0) is 25.2 Å². The summed E-state index contributed by atoms with van der Waals surface area (Å²) >= 11 is 0. The van der Waals surface area contributed by atoms with Gasteiger partial charge in [-0.25, -0.2) is 0 Å². The Morgan fingerprint density at radius 1 is 1.44 bits per heavy atom. The molecule has 0 unspecified atom stereocenters. The van der Waals surface area contributed by atoms with E-state index in [1.165, 1.54) is 12.8 Å². The van der Waals surface area contributed by atoms with Crippen LogP contribution in [0.3, 0.4) is 0 Å². The van der Waals surface area contributed by atoms with Crippen molar-refractivity contribution in [2.75, 3.05) is 6.61 Å². The molecule has 1 aliphatic carbocycles. The Labute approximate surface area is 57.4 Å². The minimum absolute atomic E-state index is 0.611. The maximum absolute atomic E-state index is 5.50. The molecule has 0 amide bonds. The fraction of sp³-hybridized carbons (Fsp3) is 1.00. The van der Waals surface area contributed by atoms with Crippen molar-refractivity contribution in [3.8, 4) is 0 Å². The van der Waals surface area contributed by atoms with Gasteiger partial charge in [0.25, 0.3) is 0 Å². The first-order chi connectivity index (χ1) is 4.33. The highest BCUT2D eigenvalue weighted by molar-refractivity contribution is 4.76. The summed E-state index contributed by atoms with van der Waals surface area (Å²) in [6.07, 6.45) is 4.35. The summed E-state index contributed by atoms with van der Waals surface area (Å²) in [6, 6.07) is 0. The Morgan fingerprint density at radius 3 is 2.56 bits per heavy atom. The Morgan fingerprint density at radius 2 is 2.11 bits per heavy atom. The minimum atomic E-state index is 0.611. The SMILES string of the molecule is CCCOC1CC(C)C1. The summed E-state index contributed by atoms with van der Waals surface area (Å²) in [4.78, 5) is 0. The van der Waals surface area contributed by atoms with E-state index in [2.05, 4.69) is 13.8 Å². The van der Waals surface area contributed by atoms with E-state index in [1.807, 2.05) is 0 Å². The molecule has 0 N–H and O–H groups in total. The maximum Gasteiger partial charge on any atom is 0.0580 e. The molecule has 0 aromatic heterocycles. The van der Waals surface area contributed by atoms with Crippen molar-refractivity contribution in [2.45, 2.75) is 39.2 Å². The normalized spacial score (nSPS) is 34.0. The van der Waals surface area contributed by atoms with Gasteiger partial charge in [0.1, 0.15) is 0 Å². The van der Waals surface area contributed by atoms with E-state index in [4.69, 9.17) is 4.74 Å². The predicted molar refractivity (Wildman–Crippen MR) is 38.4 cm³/mol. The highest BCUT2D eigenvalue weighted by atomic mass is 16.5. The third-order valence-electron chi connectivity index (χ3n) is 1.89. The first-order valence-corrected chi connectivity index (χ1v) is 3.94. The third kappa shape index (κ3) is 1.98. The summed E-state index contributed by atoms with van der Waals surface area (Å²) in [5.41, 5.74) is 0. The molecule has 1 aliphatic rings. The van der Waals surface area contributed by atoms with Crippen molar-refractivity contribution in [3.63, 3.8) is 0 Å². The molecular formula is C8H16O. The molecular weight excluding hydrogens is 112 g/mol. The molecule has 0 spiro atoms. The first-order valence-electron chi connectivity index (χ1n) is 3.94. The van der Waals surface area contributed by atoms with Crippen LogP contribution >= 0.6 is 0 Å². The Balaban J connectivity index is 1.91. The quantitative estimate of drug-likeness (QED) is 0.566. The van der Waals surface area contributed by atoms with Crippen molar-refractivity contribution in [2.24, 2.45) is 5.92 Å². The molecule has 0 aromatic carbocycles. The highest BCUT2D eigenvalue weighted by Crippen LogP contribution is 2.28. The van der Waals surface area contributed by atoms with Gasteiger partial charge >= 0.3 is 0 Å². The van der Waals surface area contributed by atoms with Gasteiger partial charge in [-0.3, -0.25) is 0 Å². The Hall–Kier alpha value is -0.0400. The zero-order valence-electron chi connectivity index (χ0n) is 6.39. The summed E-state index contributed by atoms with van der Waals surface area (Å²) in [5, 5.41) is 0. The Bertz CT molecular complexity index is 74.6. The van der Waals surface area contributed by atoms with Gasteiger partial charge in [0.05, 0.1) is 6.10 Å². The topological polar surface area (TPSA) is 9.23 Å². The van der Waals surface area contributed by atoms with E-state index < -0.39 is 0 Å². The van der Waals surface area contributed by atoms with E-state index >= 15 is 0 Å². The van der Waals surface area contributed by atoms with E-state index in [9.17, 15) is 0 Å². The van der Waals surface area contributed by atoms with Crippen LogP contribution in [0.1, 0.15) is 33.1 Å². The molecule has 1 rings (SSSR count). The van der Waals surface area contributed by atoms with Crippen molar-refractivity contribution in [1.29, 1.82) is 0 Å². The van der Waals surface area contributed by atoms with Gasteiger partial charge in [-0.15, -0.1) is 0 Å². The molecule has 0 saturated heterocycles. The zero-order valence-corrected chi connectivity index (χ0v) is 6.39. The molecule has 0 aromatic rings. The van der Waals surface area contributed by atoms with Gasteiger partial charge in [0.15, 0.2) is 0 Å². The number of hydrogen-bond donors (Lipinski definition) is 0. The second-order valence-electron chi connectivity index (χ2n) is 3.07. The summed E-state index contributed by atoms with van der Waals surface area (Å²) in [6.45, 7) is 5.39. The smallest absolute Gasteiger partial charge is 0.0580 e. The molecule has 0 radical (unpaired) electrons. The Kier molecular flexibility index (Phi) is 2.52. The molecule has 0 atom stereocenters. The van der Waals surface area contributed by atoms with Crippen molar-refractivity contribution >= 4 is 0 Å². The van der Waals surface area contributed by atoms with Crippen molar-refractivity contribution in [3.05, 3.63) is 0 Å². The van der Waals surface area contributed by atoms with E-state index in [0.717, 1.165) is 18.9 Å². The van der Waals surface area contributed by atoms with Crippen LogP contribution in [0, 0.1) is 5.92 Å². The molecule has 1 nitrogen and oxygen atoms in total. The highest BCUT2D eigenvalue weighted by Gasteiger charge is 2.25. The van der Waals surface area contributed by atoms with Gasteiger partial charge in [-0.2, -0.15) is 0 Å². The second-order valence-corrected chi connectivity index (χ2v) is 3.07. The van der Waals surface area contributed by atoms with Gasteiger partial charge in [0.2, 0.25) is 0 Å². The van der Waals surface area contributed by atoms with Crippen LogP contribution in [-0.2, 0) is 4.74 Å². The van der Waals surface area contributed by atoms with E-state index in [-0.39, 0.29) is 0 Å². The lowest BCUT2D eigenvalue weighted by molar-refractivity contribution is -0.0248. The molecule has 1 saturated carbocycles. The third-order valence-corrected chi connectivity index (χ3v) is 1.89. The average molecular weight is 128 g/mol. The van der Waals surface area contributed by atoms with E-state index in [1.54, 1.807) is 0 Å². The van der Waals surface area contributed by atoms with Crippen LogP contribution in [0.15, 0.2) is 0 Å². The molecule has 0 bridgehead atoms. The predicted octanol–water partition coefficient (Wildman–Crippen LogP) is 2.21. The van der Waals surface area contributed by atoms with Gasteiger partial charge < -0.3 is 4.74 Å². The van der Waals surface area contributed by atoms with Gasteiger partial charge in [-0.1, -0.05) is 13.8 Å². The second kappa shape index (κ2) is 3.21. The molecule has 1 fully saturated rings. The van der Waals surface area contributed by atoms with Crippen LogP contribution in [0.4, 0.5) is 0 Å². The lowest BCUT2D eigenvalue weighted by Gasteiger charge is -2.32. The van der Waals surface area contributed by atoms with Crippen molar-refractivity contribution < 1.29 is 4.74 Å². The average Bonchev–Trinajstić information content (AvgIpc) is 1.78. The zero-order chi connectivity index (χ0) is 6.69. The number of rotatable bonds is 3. The molecule has 9 heavy (non-hydrogen) atoms. The van der Waals surface area contributed by atoms with Crippen LogP contribution < -0.4 is 0 Å². The fourth-order valence-corrected chi connectivity index (χ4v) is 1.25. The lowest BCUT2D eigenvalue weighted by atomic mass is 9.84. The minimum Gasteiger partial charge on any atom is -0.378 e. The molecule has 0 aliphatic heterocycles. The number of hydrogen-bond acceptors (Lipinski definition) is 1. The molecule has 54 valence electrons. The van der Waals surface area contributed by atoms with E-state index in [0.29, 0.717) is 6.10 Å². The maximum atomic E-state index is 5.50. The van der Waals surface area contributed by atoms with Crippen LogP contribution in [-0.4, -0.2) is 12.7 Å². The summed E-state index contributed by atoms with van der Waals surface area (Å²) in [5.74, 6) is 0.923. The number of ether oxygens (including phenoxy) is 1. The van der Waals surface area contributed by atoms with Gasteiger partial charge in [0, 0.05) is 6.61 Å². The van der Waals surface area contributed by atoms with Crippen LogP contribution in [0.2, 0.25) is 0 Å². The largest absolute Gasteiger partial charge is 0.378 e.